The average Bonchev–Trinajstić information content (AvgIpc) is 2.64. The highest BCUT2D eigenvalue weighted by Crippen LogP contribution is 2.23. The number of rotatable bonds is 4. The van der Waals surface area contributed by atoms with E-state index in [0.717, 1.165) is 29.5 Å². The number of hydrogen-bond donors (Lipinski definition) is 0. The number of halogens is 1. The Hall–Kier alpha value is -2.21. The van der Waals surface area contributed by atoms with E-state index in [1.165, 1.54) is 0 Å². The van der Waals surface area contributed by atoms with Crippen LogP contribution in [0.1, 0.15) is 36.5 Å². The molecular formula is C19H20BrN3O2. The van der Waals surface area contributed by atoms with Gasteiger partial charge in [0, 0.05) is 41.4 Å². The van der Waals surface area contributed by atoms with Crippen molar-refractivity contribution in [1.82, 2.24) is 4.98 Å². The first-order valence-electron chi connectivity index (χ1n) is 8.44. The van der Waals surface area contributed by atoms with Crippen molar-refractivity contribution in [2.45, 2.75) is 26.2 Å². The van der Waals surface area contributed by atoms with Crippen LogP contribution in [0.3, 0.4) is 0 Å². The number of hydrogen-bond acceptors (Lipinski definition) is 3. The maximum Gasteiger partial charge on any atom is 0.259 e. The average molecular weight is 402 g/mol. The molecule has 1 aliphatic rings. The molecule has 1 saturated heterocycles. The molecule has 0 radical (unpaired) electrons. The van der Waals surface area contributed by atoms with Gasteiger partial charge in [-0.1, -0.05) is 0 Å². The zero-order valence-corrected chi connectivity index (χ0v) is 15.7. The van der Waals surface area contributed by atoms with Crippen molar-refractivity contribution in [3.63, 3.8) is 0 Å². The number of piperidine rings is 1. The molecule has 25 heavy (non-hydrogen) atoms. The van der Waals surface area contributed by atoms with Crippen molar-refractivity contribution < 1.29 is 9.59 Å². The summed E-state index contributed by atoms with van der Waals surface area (Å²) in [4.78, 5) is 32.6. The fourth-order valence-electron chi connectivity index (χ4n) is 2.96. The summed E-state index contributed by atoms with van der Waals surface area (Å²) >= 11 is 3.35. The lowest BCUT2D eigenvalue weighted by Gasteiger charge is -2.27. The Balaban J connectivity index is 1.79. The molecule has 0 atom stereocenters. The molecule has 2 amide bonds. The monoisotopic (exact) mass is 401 g/mol. The molecule has 2 heterocycles. The van der Waals surface area contributed by atoms with E-state index < -0.39 is 0 Å². The van der Waals surface area contributed by atoms with Crippen LogP contribution >= 0.6 is 15.9 Å². The SMILES string of the molecule is CCN(C(=O)c1ccc(N2CCCCC2=O)cc1)c1ccc(Br)cn1. The van der Waals surface area contributed by atoms with Gasteiger partial charge in [0.2, 0.25) is 5.91 Å². The number of aromatic nitrogens is 1. The minimum atomic E-state index is -0.103. The first-order chi connectivity index (χ1) is 12.1. The number of nitrogens with zero attached hydrogens (tertiary/aromatic N) is 3. The molecule has 1 fully saturated rings. The zero-order chi connectivity index (χ0) is 17.8. The highest BCUT2D eigenvalue weighted by Gasteiger charge is 2.21. The molecular weight excluding hydrogens is 382 g/mol. The Morgan fingerprint density at radius 2 is 1.96 bits per heavy atom. The normalized spacial score (nSPS) is 14.5. The smallest absolute Gasteiger partial charge is 0.259 e. The van der Waals surface area contributed by atoms with Crippen LogP contribution in [0.25, 0.3) is 0 Å². The Bertz CT molecular complexity index is 759. The van der Waals surface area contributed by atoms with E-state index in [4.69, 9.17) is 0 Å². The molecule has 0 spiro atoms. The molecule has 3 rings (SSSR count). The number of benzene rings is 1. The standard InChI is InChI=1S/C19H20BrN3O2/c1-2-22(17-11-8-15(20)13-21-17)19(25)14-6-9-16(10-7-14)23-12-4-3-5-18(23)24/h6-11,13H,2-5,12H2,1H3. The number of carbonyl (C=O) groups is 2. The van der Waals surface area contributed by atoms with Crippen molar-refractivity contribution in [3.05, 3.63) is 52.6 Å². The van der Waals surface area contributed by atoms with Gasteiger partial charge in [-0.25, -0.2) is 4.98 Å². The second-order valence-electron chi connectivity index (χ2n) is 5.93. The van der Waals surface area contributed by atoms with Crippen LogP contribution < -0.4 is 9.80 Å². The van der Waals surface area contributed by atoms with Gasteiger partial charge >= 0.3 is 0 Å². The topological polar surface area (TPSA) is 53.5 Å². The van der Waals surface area contributed by atoms with Gasteiger partial charge in [-0.2, -0.15) is 0 Å². The van der Waals surface area contributed by atoms with Crippen LogP contribution in [0, 0.1) is 0 Å². The maximum atomic E-state index is 12.8. The van der Waals surface area contributed by atoms with E-state index in [-0.39, 0.29) is 11.8 Å². The lowest BCUT2D eigenvalue weighted by Crippen LogP contribution is -2.35. The van der Waals surface area contributed by atoms with Crippen LogP contribution in [-0.4, -0.2) is 29.9 Å². The Labute approximate surface area is 155 Å². The second-order valence-corrected chi connectivity index (χ2v) is 6.85. The summed E-state index contributed by atoms with van der Waals surface area (Å²) in [6, 6.07) is 10.9. The molecule has 5 nitrogen and oxygen atoms in total. The lowest BCUT2D eigenvalue weighted by atomic mass is 10.1. The van der Waals surface area contributed by atoms with E-state index in [9.17, 15) is 9.59 Å². The van der Waals surface area contributed by atoms with Gasteiger partial charge < -0.3 is 4.90 Å². The quantitative estimate of drug-likeness (QED) is 0.776. The van der Waals surface area contributed by atoms with Crippen molar-refractivity contribution in [1.29, 1.82) is 0 Å². The van der Waals surface area contributed by atoms with E-state index in [1.807, 2.05) is 31.2 Å². The zero-order valence-electron chi connectivity index (χ0n) is 14.1. The molecule has 0 unspecified atom stereocenters. The van der Waals surface area contributed by atoms with E-state index in [2.05, 4.69) is 20.9 Å². The Morgan fingerprint density at radius 3 is 2.56 bits per heavy atom. The Morgan fingerprint density at radius 1 is 1.20 bits per heavy atom. The molecule has 0 N–H and O–H groups in total. The fourth-order valence-corrected chi connectivity index (χ4v) is 3.19. The molecule has 1 aromatic carbocycles. The summed E-state index contributed by atoms with van der Waals surface area (Å²) in [5.74, 6) is 0.666. The van der Waals surface area contributed by atoms with Crippen molar-refractivity contribution in [2.75, 3.05) is 22.9 Å². The summed E-state index contributed by atoms with van der Waals surface area (Å²) in [5.41, 5.74) is 1.44. The third kappa shape index (κ3) is 3.90. The van der Waals surface area contributed by atoms with Gasteiger partial charge in [0.05, 0.1) is 0 Å². The minimum absolute atomic E-state index is 0.103. The van der Waals surface area contributed by atoms with Gasteiger partial charge in [-0.05, 0) is 72.1 Å². The van der Waals surface area contributed by atoms with Crippen molar-refractivity contribution in [2.24, 2.45) is 0 Å². The highest BCUT2D eigenvalue weighted by atomic mass is 79.9. The summed E-state index contributed by atoms with van der Waals surface area (Å²) in [6.45, 7) is 3.19. The predicted molar refractivity (Wildman–Crippen MR) is 102 cm³/mol. The molecule has 1 aromatic heterocycles. The molecule has 2 aromatic rings. The summed E-state index contributed by atoms with van der Waals surface area (Å²) in [5, 5.41) is 0. The second kappa shape index (κ2) is 7.78. The first kappa shape index (κ1) is 17.6. The first-order valence-corrected chi connectivity index (χ1v) is 9.23. The fraction of sp³-hybridized carbons (Fsp3) is 0.316. The van der Waals surface area contributed by atoms with Crippen LogP contribution in [0.15, 0.2) is 47.1 Å². The summed E-state index contributed by atoms with van der Waals surface area (Å²) in [6.07, 6.45) is 4.25. The Kier molecular flexibility index (Phi) is 5.48. The van der Waals surface area contributed by atoms with Crippen LogP contribution in [0.5, 0.6) is 0 Å². The van der Waals surface area contributed by atoms with Gasteiger partial charge in [-0.15, -0.1) is 0 Å². The lowest BCUT2D eigenvalue weighted by molar-refractivity contribution is -0.119. The van der Waals surface area contributed by atoms with E-state index in [0.29, 0.717) is 24.3 Å². The molecule has 130 valence electrons. The molecule has 1 aliphatic heterocycles. The molecule has 0 saturated carbocycles. The maximum absolute atomic E-state index is 12.8. The third-order valence-corrected chi connectivity index (χ3v) is 4.77. The number of pyridine rings is 1. The number of amides is 2. The van der Waals surface area contributed by atoms with Crippen LogP contribution in [0.4, 0.5) is 11.5 Å². The minimum Gasteiger partial charge on any atom is -0.312 e. The molecule has 0 bridgehead atoms. The summed E-state index contributed by atoms with van der Waals surface area (Å²) < 4.78 is 0.871. The summed E-state index contributed by atoms with van der Waals surface area (Å²) in [7, 11) is 0. The number of carbonyl (C=O) groups excluding carboxylic acids is 2. The predicted octanol–water partition coefficient (Wildman–Crippen LogP) is 4.03. The van der Waals surface area contributed by atoms with Gasteiger partial charge in [0.1, 0.15) is 5.82 Å². The number of anilines is 2. The van der Waals surface area contributed by atoms with E-state index in [1.54, 1.807) is 28.1 Å². The van der Waals surface area contributed by atoms with Crippen LogP contribution in [0.2, 0.25) is 0 Å². The van der Waals surface area contributed by atoms with Gasteiger partial charge in [-0.3, -0.25) is 14.5 Å². The van der Waals surface area contributed by atoms with Crippen molar-refractivity contribution in [3.8, 4) is 0 Å². The van der Waals surface area contributed by atoms with Gasteiger partial charge in [0.25, 0.3) is 5.91 Å². The van der Waals surface area contributed by atoms with E-state index >= 15 is 0 Å². The molecule has 0 aliphatic carbocycles. The largest absolute Gasteiger partial charge is 0.312 e. The third-order valence-electron chi connectivity index (χ3n) is 4.30. The van der Waals surface area contributed by atoms with Crippen molar-refractivity contribution >= 4 is 39.2 Å². The highest BCUT2D eigenvalue weighted by molar-refractivity contribution is 9.10. The molecule has 6 heteroatoms. The van der Waals surface area contributed by atoms with Gasteiger partial charge in [0.15, 0.2) is 0 Å². The van der Waals surface area contributed by atoms with Crippen LogP contribution in [-0.2, 0) is 4.79 Å².